The van der Waals surface area contributed by atoms with E-state index in [1.54, 1.807) is 37.4 Å². The van der Waals surface area contributed by atoms with Gasteiger partial charge in [-0.1, -0.05) is 6.07 Å². The summed E-state index contributed by atoms with van der Waals surface area (Å²) >= 11 is 0. The van der Waals surface area contributed by atoms with Crippen molar-refractivity contribution in [3.63, 3.8) is 0 Å². The van der Waals surface area contributed by atoms with Crippen LogP contribution in [0.15, 0.2) is 42.6 Å². The molecule has 7 heteroatoms. The number of methoxy groups -OCH3 is 1. The Morgan fingerprint density at radius 2 is 1.96 bits per heavy atom. The molecule has 2 amide bonds. The molecule has 2 aromatic rings. The Hall–Kier alpha value is -2.93. The Balaban J connectivity index is 2.04. The average Bonchev–Trinajstić information content (AvgIpc) is 2.61. The average molecular weight is 342 g/mol. The number of carbonyl (C=O) groups excluding carboxylic acids is 2. The van der Waals surface area contributed by atoms with Gasteiger partial charge in [-0.3, -0.25) is 14.6 Å². The molecule has 0 saturated heterocycles. The molecule has 0 unspecified atom stereocenters. The molecule has 0 atom stereocenters. The summed E-state index contributed by atoms with van der Waals surface area (Å²) in [6.07, 6.45) is 1.45. The minimum atomic E-state index is -0.392. The number of carbonyl (C=O) groups is 2. The second-order valence-electron chi connectivity index (χ2n) is 5.68. The van der Waals surface area contributed by atoms with Gasteiger partial charge >= 0.3 is 0 Å². The van der Waals surface area contributed by atoms with Crippen LogP contribution in [0.4, 0.5) is 5.69 Å². The minimum Gasteiger partial charge on any atom is -0.497 e. The van der Waals surface area contributed by atoms with E-state index in [1.165, 1.54) is 12.3 Å². The first-order chi connectivity index (χ1) is 12.0. The highest BCUT2D eigenvalue weighted by Gasteiger charge is 2.12. The van der Waals surface area contributed by atoms with Gasteiger partial charge in [0.25, 0.3) is 11.8 Å². The monoisotopic (exact) mass is 342 g/mol. The van der Waals surface area contributed by atoms with E-state index in [-0.39, 0.29) is 11.6 Å². The van der Waals surface area contributed by atoms with Crippen molar-refractivity contribution >= 4 is 17.5 Å². The smallest absolute Gasteiger partial charge is 0.274 e. The van der Waals surface area contributed by atoms with Crippen LogP contribution in [-0.4, -0.2) is 56.0 Å². The highest BCUT2D eigenvalue weighted by Crippen LogP contribution is 2.17. The van der Waals surface area contributed by atoms with Crippen LogP contribution < -0.4 is 15.4 Å². The summed E-state index contributed by atoms with van der Waals surface area (Å²) in [5, 5.41) is 5.54. The number of likely N-dealkylation sites (N-methyl/N-ethyl adjacent to an activating group) is 1. The predicted molar refractivity (Wildman–Crippen MR) is 96.1 cm³/mol. The van der Waals surface area contributed by atoms with Crippen molar-refractivity contribution in [1.29, 1.82) is 0 Å². The molecule has 0 saturated carbocycles. The van der Waals surface area contributed by atoms with Crippen molar-refractivity contribution in [1.82, 2.24) is 15.2 Å². The molecule has 0 aliphatic carbocycles. The summed E-state index contributed by atoms with van der Waals surface area (Å²) < 4.78 is 5.12. The number of aromatic nitrogens is 1. The lowest BCUT2D eigenvalue weighted by molar-refractivity contribution is 0.0951. The van der Waals surface area contributed by atoms with E-state index in [2.05, 4.69) is 15.6 Å². The Morgan fingerprint density at radius 3 is 2.68 bits per heavy atom. The summed E-state index contributed by atoms with van der Waals surface area (Å²) in [5.74, 6) is 0.00987. The zero-order chi connectivity index (χ0) is 18.2. The van der Waals surface area contributed by atoms with Crippen molar-refractivity contribution in [2.45, 2.75) is 0 Å². The molecular weight excluding hydrogens is 320 g/mol. The molecule has 2 N–H and O–H groups in total. The molecule has 1 aromatic carbocycles. The number of amides is 2. The number of nitrogens with zero attached hydrogens (tertiary/aromatic N) is 2. The molecule has 1 heterocycles. The largest absolute Gasteiger partial charge is 0.497 e. The maximum Gasteiger partial charge on any atom is 0.274 e. The van der Waals surface area contributed by atoms with E-state index >= 15 is 0 Å². The van der Waals surface area contributed by atoms with Crippen LogP contribution in [0.2, 0.25) is 0 Å². The second-order valence-corrected chi connectivity index (χ2v) is 5.68. The van der Waals surface area contributed by atoms with Crippen LogP contribution in [0, 0.1) is 0 Å². The zero-order valence-electron chi connectivity index (χ0n) is 14.6. The lowest BCUT2D eigenvalue weighted by Crippen LogP contribution is -2.31. The van der Waals surface area contributed by atoms with Crippen LogP contribution in [0.3, 0.4) is 0 Å². The molecular formula is C18H22N4O3. The zero-order valence-corrected chi connectivity index (χ0v) is 14.6. The first kappa shape index (κ1) is 18.4. The van der Waals surface area contributed by atoms with E-state index in [4.69, 9.17) is 4.74 Å². The van der Waals surface area contributed by atoms with E-state index in [0.717, 1.165) is 6.54 Å². The summed E-state index contributed by atoms with van der Waals surface area (Å²) in [7, 11) is 5.42. The van der Waals surface area contributed by atoms with Crippen molar-refractivity contribution in [2.24, 2.45) is 0 Å². The van der Waals surface area contributed by atoms with E-state index in [0.29, 0.717) is 23.5 Å². The highest BCUT2D eigenvalue weighted by atomic mass is 16.5. The fourth-order valence-electron chi connectivity index (χ4n) is 2.09. The molecule has 25 heavy (non-hydrogen) atoms. The maximum absolute atomic E-state index is 12.3. The first-order valence-corrected chi connectivity index (χ1v) is 7.84. The number of hydrogen-bond acceptors (Lipinski definition) is 5. The number of rotatable bonds is 7. The molecule has 0 bridgehead atoms. The van der Waals surface area contributed by atoms with Crippen molar-refractivity contribution in [3.8, 4) is 5.75 Å². The summed E-state index contributed by atoms with van der Waals surface area (Å²) in [6, 6.07) is 10.1. The van der Waals surface area contributed by atoms with E-state index in [1.807, 2.05) is 19.0 Å². The van der Waals surface area contributed by atoms with Crippen LogP contribution in [0.25, 0.3) is 0 Å². The molecule has 2 rings (SSSR count). The molecule has 0 spiro atoms. The molecule has 0 aliphatic heterocycles. The van der Waals surface area contributed by atoms with Gasteiger partial charge in [-0.05, 0) is 38.4 Å². The highest BCUT2D eigenvalue weighted by molar-refractivity contribution is 6.04. The topological polar surface area (TPSA) is 83.6 Å². The predicted octanol–water partition coefficient (Wildman–Crippen LogP) is 1.63. The fourth-order valence-corrected chi connectivity index (χ4v) is 2.09. The standard InChI is InChI=1S/C18H22N4O3/c1-22(2)10-9-20-17(23)13-7-8-19-16(11-13)18(24)21-14-5-4-6-15(12-14)25-3/h4-8,11-12H,9-10H2,1-3H3,(H,20,23)(H,21,24). The quantitative estimate of drug-likeness (QED) is 0.799. The molecule has 0 fully saturated rings. The molecule has 0 aliphatic rings. The normalized spacial score (nSPS) is 10.4. The third-order valence-corrected chi connectivity index (χ3v) is 3.43. The Bertz CT molecular complexity index is 747. The Morgan fingerprint density at radius 1 is 1.16 bits per heavy atom. The minimum absolute atomic E-state index is 0.170. The maximum atomic E-state index is 12.3. The number of ether oxygens (including phenoxy) is 1. The second kappa shape index (κ2) is 8.79. The van der Waals surface area contributed by atoms with Crippen molar-refractivity contribution in [3.05, 3.63) is 53.9 Å². The third-order valence-electron chi connectivity index (χ3n) is 3.43. The van der Waals surface area contributed by atoms with Gasteiger partial charge in [-0.25, -0.2) is 0 Å². The third kappa shape index (κ3) is 5.58. The Labute approximate surface area is 147 Å². The molecule has 1 aromatic heterocycles. The summed E-state index contributed by atoms with van der Waals surface area (Å²) in [6.45, 7) is 1.26. The van der Waals surface area contributed by atoms with Gasteiger partial charge in [0.2, 0.25) is 0 Å². The SMILES string of the molecule is COc1cccc(NC(=O)c2cc(C(=O)NCCN(C)C)ccn2)c1. The lowest BCUT2D eigenvalue weighted by Gasteiger charge is -2.11. The van der Waals surface area contributed by atoms with Gasteiger partial charge in [0.1, 0.15) is 11.4 Å². The number of hydrogen-bond donors (Lipinski definition) is 2. The van der Waals surface area contributed by atoms with Gasteiger partial charge < -0.3 is 20.3 Å². The number of anilines is 1. The van der Waals surface area contributed by atoms with Gasteiger partial charge in [0, 0.05) is 36.6 Å². The fraction of sp³-hybridized carbons (Fsp3) is 0.278. The van der Waals surface area contributed by atoms with Gasteiger partial charge in [-0.15, -0.1) is 0 Å². The van der Waals surface area contributed by atoms with Crippen molar-refractivity contribution in [2.75, 3.05) is 39.6 Å². The summed E-state index contributed by atoms with van der Waals surface area (Å²) in [4.78, 5) is 30.5. The molecule has 132 valence electrons. The van der Waals surface area contributed by atoms with Crippen molar-refractivity contribution < 1.29 is 14.3 Å². The number of benzene rings is 1. The Kier molecular flexibility index (Phi) is 6.47. The van der Waals surface area contributed by atoms with Gasteiger partial charge in [0.05, 0.1) is 7.11 Å². The molecule has 7 nitrogen and oxygen atoms in total. The number of nitrogens with one attached hydrogen (secondary N) is 2. The van der Waals surface area contributed by atoms with Gasteiger partial charge in [-0.2, -0.15) is 0 Å². The van der Waals surface area contributed by atoms with Crippen LogP contribution >= 0.6 is 0 Å². The summed E-state index contributed by atoms with van der Waals surface area (Å²) in [5.41, 5.74) is 1.15. The van der Waals surface area contributed by atoms with Crippen LogP contribution in [0.5, 0.6) is 5.75 Å². The van der Waals surface area contributed by atoms with E-state index in [9.17, 15) is 9.59 Å². The van der Waals surface area contributed by atoms with E-state index < -0.39 is 5.91 Å². The van der Waals surface area contributed by atoms with Gasteiger partial charge in [0.15, 0.2) is 0 Å². The molecule has 0 radical (unpaired) electrons. The lowest BCUT2D eigenvalue weighted by atomic mass is 10.2. The number of pyridine rings is 1. The first-order valence-electron chi connectivity index (χ1n) is 7.84. The van der Waals surface area contributed by atoms with Crippen LogP contribution in [-0.2, 0) is 0 Å². The van der Waals surface area contributed by atoms with Crippen LogP contribution in [0.1, 0.15) is 20.8 Å².